The zero-order chi connectivity index (χ0) is 7.56. The lowest BCUT2D eigenvalue weighted by Gasteiger charge is -2.09. The Morgan fingerprint density at radius 1 is 1.80 bits per heavy atom. The summed E-state index contributed by atoms with van der Waals surface area (Å²) < 4.78 is 0. The van der Waals surface area contributed by atoms with Gasteiger partial charge in [0.2, 0.25) is 5.91 Å². The van der Waals surface area contributed by atoms with E-state index in [0.717, 1.165) is 0 Å². The molecule has 4 heteroatoms. The van der Waals surface area contributed by atoms with E-state index >= 15 is 0 Å². The Labute approximate surface area is 64.4 Å². The van der Waals surface area contributed by atoms with Gasteiger partial charge in [0, 0.05) is 6.42 Å². The third-order valence-electron chi connectivity index (χ3n) is 1.24. The van der Waals surface area contributed by atoms with E-state index in [1.807, 2.05) is 6.08 Å². The minimum absolute atomic E-state index is 0.415. The Morgan fingerprint density at radius 3 is 2.90 bits per heavy atom. The number of nitrogens with one attached hydrogen (secondary N) is 1. The van der Waals surface area contributed by atoms with Crippen LogP contribution in [0.1, 0.15) is 6.42 Å². The summed E-state index contributed by atoms with van der Waals surface area (Å²) in [6, 6.07) is 0. The predicted molar refractivity (Wildman–Crippen MR) is 42.1 cm³/mol. The zero-order valence-corrected chi connectivity index (χ0v) is 6.19. The van der Waals surface area contributed by atoms with Gasteiger partial charge in [-0.3, -0.25) is 4.79 Å². The van der Waals surface area contributed by atoms with Crippen LogP contribution in [0.4, 0.5) is 0 Å². The molecule has 0 fully saturated rings. The van der Waals surface area contributed by atoms with Crippen molar-refractivity contribution in [2.75, 3.05) is 0 Å². The quantitative estimate of drug-likeness (QED) is 0.472. The predicted octanol–water partition coefficient (Wildman–Crippen LogP) is 0.120. The summed E-state index contributed by atoms with van der Waals surface area (Å²) in [7, 11) is 0. The lowest BCUT2D eigenvalue weighted by atomic mass is 10.1. The fraction of sp³-hybridized carbons (Fsp3) is 0.167. The van der Waals surface area contributed by atoms with Crippen molar-refractivity contribution in [2.45, 2.75) is 6.42 Å². The maximum Gasteiger partial charge on any atom is 0.247 e. The third kappa shape index (κ3) is 1.33. The molecule has 0 aromatic carbocycles. The van der Waals surface area contributed by atoms with Gasteiger partial charge in [0.15, 0.2) is 0 Å². The van der Waals surface area contributed by atoms with E-state index in [2.05, 4.69) is 17.9 Å². The molecule has 0 spiro atoms. The maximum absolute atomic E-state index is 10.6. The lowest BCUT2D eigenvalue weighted by molar-refractivity contribution is -0.114. The highest BCUT2D eigenvalue weighted by Gasteiger charge is 2.09. The van der Waals surface area contributed by atoms with Gasteiger partial charge in [-0.1, -0.05) is 6.08 Å². The molecule has 1 aliphatic heterocycles. The van der Waals surface area contributed by atoms with E-state index in [1.165, 1.54) is 0 Å². The summed E-state index contributed by atoms with van der Waals surface area (Å²) >= 11 is 4.01. The molecule has 10 heavy (non-hydrogen) atoms. The number of amides is 1. The first-order valence-electron chi connectivity index (χ1n) is 2.85. The van der Waals surface area contributed by atoms with E-state index in [0.29, 0.717) is 17.0 Å². The van der Waals surface area contributed by atoms with E-state index in [4.69, 9.17) is 5.73 Å². The van der Waals surface area contributed by atoms with Gasteiger partial charge in [-0.25, -0.2) is 0 Å². The van der Waals surface area contributed by atoms with Crippen LogP contribution in [0, 0.1) is 0 Å². The number of thiol groups is 1. The summed E-state index contributed by atoms with van der Waals surface area (Å²) in [4.78, 5) is 10.6. The van der Waals surface area contributed by atoms with Gasteiger partial charge in [-0.05, 0) is 6.20 Å². The van der Waals surface area contributed by atoms with Crippen LogP contribution in [0.25, 0.3) is 0 Å². The van der Waals surface area contributed by atoms with Crippen LogP contribution < -0.4 is 11.1 Å². The highest BCUT2D eigenvalue weighted by atomic mass is 32.1. The molecular weight excluding hydrogens is 148 g/mol. The van der Waals surface area contributed by atoms with E-state index in [9.17, 15) is 4.79 Å². The van der Waals surface area contributed by atoms with Gasteiger partial charge in [0.05, 0.1) is 10.6 Å². The second kappa shape index (κ2) is 2.79. The van der Waals surface area contributed by atoms with Crippen molar-refractivity contribution in [1.82, 2.24) is 5.32 Å². The van der Waals surface area contributed by atoms with Gasteiger partial charge in [0.25, 0.3) is 0 Å². The zero-order valence-electron chi connectivity index (χ0n) is 5.29. The molecule has 3 N–H and O–H groups in total. The number of primary amides is 1. The minimum atomic E-state index is -0.415. The Kier molecular flexibility index (Phi) is 2.01. The summed E-state index contributed by atoms with van der Waals surface area (Å²) in [5.74, 6) is -0.415. The number of carbonyl (C=O) groups excluding carboxylic acids is 1. The Morgan fingerprint density at radius 2 is 2.50 bits per heavy atom. The molecule has 1 amide bonds. The van der Waals surface area contributed by atoms with E-state index in [1.54, 1.807) is 6.20 Å². The number of carbonyl (C=O) groups is 1. The number of nitrogens with two attached hydrogens (primary N) is 1. The van der Waals surface area contributed by atoms with E-state index in [-0.39, 0.29) is 0 Å². The van der Waals surface area contributed by atoms with Crippen molar-refractivity contribution >= 4 is 18.5 Å². The highest BCUT2D eigenvalue weighted by Crippen LogP contribution is 2.13. The molecule has 0 aromatic heterocycles. The number of dihydropyridines is 1. The SMILES string of the molecule is NC(=O)C1=C(S)NC=CC1. The Hall–Kier alpha value is -0.900. The minimum Gasteiger partial charge on any atom is -0.366 e. The van der Waals surface area contributed by atoms with Crippen LogP contribution in [-0.2, 0) is 4.79 Å². The van der Waals surface area contributed by atoms with Crippen molar-refractivity contribution in [1.29, 1.82) is 0 Å². The first kappa shape index (κ1) is 7.21. The van der Waals surface area contributed by atoms with Gasteiger partial charge in [-0.2, -0.15) is 0 Å². The third-order valence-corrected chi connectivity index (χ3v) is 1.64. The molecule has 1 aliphatic rings. The molecular formula is C6H8N2OS. The molecule has 0 aliphatic carbocycles. The topological polar surface area (TPSA) is 55.1 Å². The molecule has 0 atom stereocenters. The van der Waals surface area contributed by atoms with Crippen molar-refractivity contribution in [3.8, 4) is 0 Å². The Balaban J connectivity index is 2.81. The van der Waals surface area contributed by atoms with Gasteiger partial charge < -0.3 is 11.1 Å². The van der Waals surface area contributed by atoms with Crippen molar-refractivity contribution in [2.24, 2.45) is 5.73 Å². The number of hydrogen-bond donors (Lipinski definition) is 3. The first-order valence-corrected chi connectivity index (χ1v) is 3.30. The average Bonchev–Trinajstić information content (AvgIpc) is 1.88. The fourth-order valence-electron chi connectivity index (χ4n) is 0.716. The summed E-state index contributed by atoms with van der Waals surface area (Å²) in [5, 5.41) is 3.33. The van der Waals surface area contributed by atoms with Crippen molar-refractivity contribution in [3.63, 3.8) is 0 Å². The van der Waals surface area contributed by atoms with Gasteiger partial charge in [0.1, 0.15) is 0 Å². The van der Waals surface area contributed by atoms with Gasteiger partial charge in [-0.15, -0.1) is 12.6 Å². The maximum atomic E-state index is 10.6. The fourth-order valence-corrected chi connectivity index (χ4v) is 0.992. The van der Waals surface area contributed by atoms with Gasteiger partial charge >= 0.3 is 0 Å². The van der Waals surface area contributed by atoms with Crippen molar-refractivity contribution < 1.29 is 4.79 Å². The van der Waals surface area contributed by atoms with Crippen LogP contribution in [0.15, 0.2) is 22.9 Å². The highest BCUT2D eigenvalue weighted by molar-refractivity contribution is 7.84. The normalized spacial score (nSPS) is 16.9. The number of hydrogen-bond acceptors (Lipinski definition) is 3. The van der Waals surface area contributed by atoms with Crippen molar-refractivity contribution in [3.05, 3.63) is 22.9 Å². The van der Waals surface area contributed by atoms with Crippen LogP contribution in [-0.4, -0.2) is 5.91 Å². The number of allylic oxidation sites excluding steroid dienone is 1. The number of rotatable bonds is 1. The largest absolute Gasteiger partial charge is 0.366 e. The van der Waals surface area contributed by atoms with Crippen LogP contribution in [0.5, 0.6) is 0 Å². The molecule has 0 radical (unpaired) electrons. The van der Waals surface area contributed by atoms with Crippen LogP contribution >= 0.6 is 12.6 Å². The van der Waals surface area contributed by atoms with E-state index < -0.39 is 5.91 Å². The molecule has 1 rings (SSSR count). The standard InChI is InChI=1S/C6H8N2OS/c7-5(9)4-2-1-3-8-6(4)10/h1,3,8,10H,2H2,(H2,7,9). The summed E-state index contributed by atoms with van der Waals surface area (Å²) in [6.07, 6.45) is 4.12. The lowest BCUT2D eigenvalue weighted by Crippen LogP contribution is -2.20. The first-order chi connectivity index (χ1) is 4.72. The Bertz CT molecular complexity index is 220. The molecule has 0 saturated carbocycles. The molecule has 0 saturated heterocycles. The molecule has 3 nitrogen and oxygen atoms in total. The van der Waals surface area contributed by atoms with Crippen LogP contribution in [0.3, 0.4) is 0 Å². The molecule has 1 heterocycles. The van der Waals surface area contributed by atoms with Crippen LogP contribution in [0.2, 0.25) is 0 Å². The average molecular weight is 156 g/mol. The monoisotopic (exact) mass is 156 g/mol. The smallest absolute Gasteiger partial charge is 0.247 e. The summed E-state index contributed by atoms with van der Waals surface area (Å²) in [6.45, 7) is 0. The summed E-state index contributed by atoms with van der Waals surface area (Å²) in [5.41, 5.74) is 5.57. The molecule has 0 aromatic rings. The second-order valence-electron chi connectivity index (χ2n) is 1.94. The second-order valence-corrected chi connectivity index (χ2v) is 2.39. The molecule has 54 valence electrons. The molecule has 0 bridgehead atoms. The molecule has 0 unspecified atom stereocenters.